The second-order valence-electron chi connectivity index (χ2n) is 11.8. The summed E-state index contributed by atoms with van der Waals surface area (Å²) in [6.45, 7) is 31.0. The second-order valence-corrected chi connectivity index (χ2v) is 37.4. The van der Waals surface area contributed by atoms with Gasteiger partial charge in [0.05, 0.1) is 0 Å². The summed E-state index contributed by atoms with van der Waals surface area (Å²) < 4.78 is 0. The molecule has 0 atom stereocenters. The van der Waals surface area contributed by atoms with Crippen LogP contribution in [0, 0.1) is 0 Å². The molecule has 6 heteroatoms. The molecule has 0 rings (SSSR count). The van der Waals surface area contributed by atoms with E-state index in [4.69, 9.17) is 0 Å². The van der Waals surface area contributed by atoms with Crippen LogP contribution < -0.4 is 0 Å². The molecule has 0 nitrogen and oxygen atoms in total. The lowest BCUT2D eigenvalue weighted by atomic mass is 10.6. The minimum atomic E-state index is -1.01. The van der Waals surface area contributed by atoms with Crippen molar-refractivity contribution in [1.29, 1.82) is 0 Å². The van der Waals surface area contributed by atoms with Crippen molar-refractivity contribution >= 4 is 53.9 Å². The Morgan fingerprint density at radius 3 is 0.833 bits per heavy atom. The molecule has 0 spiro atoms. The molecule has 0 aliphatic rings. The van der Waals surface area contributed by atoms with Crippen LogP contribution in [0.3, 0.4) is 0 Å². The zero-order valence-corrected chi connectivity index (χ0v) is 24.4. The molecule has 0 aliphatic carbocycles. The van der Waals surface area contributed by atoms with Gasteiger partial charge in [-0.2, -0.15) is 0 Å². The smallest absolute Gasteiger partial charge is 0.0447 e. The molecular formula is C18H46S2Si4. The molecule has 146 valence electrons. The van der Waals surface area contributed by atoms with Gasteiger partial charge < -0.3 is 0 Å². The topological polar surface area (TPSA) is 0 Å². The number of rotatable bonds is 11. The lowest BCUT2D eigenvalue weighted by molar-refractivity contribution is 0.960. The fraction of sp³-hybridized carbons (Fsp3) is 1.00. The van der Waals surface area contributed by atoms with E-state index >= 15 is 0 Å². The summed E-state index contributed by atoms with van der Waals surface area (Å²) in [5, 5.41) is 2.13. The number of hydrogen-bond acceptors (Lipinski definition) is 2. The maximum absolute atomic E-state index is 2.58. The largest absolute Gasteiger partial charge is 0.0942 e. The molecule has 0 aromatic carbocycles. The van der Waals surface area contributed by atoms with Gasteiger partial charge in [-0.25, -0.2) is 0 Å². The molecule has 0 aromatic heterocycles. The predicted octanol–water partition coefficient (Wildman–Crippen LogP) is 8.32. The van der Waals surface area contributed by atoms with Crippen molar-refractivity contribution in [3.05, 3.63) is 0 Å². The van der Waals surface area contributed by atoms with Crippen LogP contribution in [0.15, 0.2) is 0 Å². The summed E-state index contributed by atoms with van der Waals surface area (Å²) >= 11 is 0. The quantitative estimate of drug-likeness (QED) is 0.180. The van der Waals surface area contributed by atoms with Gasteiger partial charge in [-0.1, -0.05) is 100 Å². The zero-order chi connectivity index (χ0) is 19.4. The van der Waals surface area contributed by atoms with E-state index in [1.807, 2.05) is 0 Å². The van der Waals surface area contributed by atoms with Crippen molar-refractivity contribution < 1.29 is 0 Å². The maximum Gasteiger partial charge on any atom is 0.0447 e. The fourth-order valence-electron chi connectivity index (χ4n) is 4.78. The van der Waals surface area contributed by atoms with Crippen LogP contribution in [-0.2, 0) is 0 Å². The first-order valence-corrected chi connectivity index (χ1v) is 26.5. The summed E-state index contributed by atoms with van der Waals surface area (Å²) in [4.78, 5) is 0. The average Bonchev–Trinajstić information content (AvgIpc) is 2.25. The first-order chi connectivity index (χ1) is 10.5. The van der Waals surface area contributed by atoms with Gasteiger partial charge in [0.1, 0.15) is 0 Å². The van der Waals surface area contributed by atoms with Gasteiger partial charge in [-0.3, -0.25) is 0 Å². The third-order valence-electron chi connectivity index (χ3n) is 5.24. The Morgan fingerprint density at radius 1 is 0.458 bits per heavy atom. The molecule has 0 unspecified atom stereocenters. The van der Waals surface area contributed by atoms with E-state index in [2.05, 4.69) is 100 Å². The highest BCUT2D eigenvalue weighted by Gasteiger charge is 2.37. The third kappa shape index (κ3) is 10.0. The summed E-state index contributed by atoms with van der Waals surface area (Å²) in [5.74, 6) is 2.74. The molecule has 0 saturated heterocycles. The monoisotopic (exact) mass is 438 g/mol. The minimum absolute atomic E-state index is 1.01. The van der Waals surface area contributed by atoms with Crippen LogP contribution in [0.1, 0.15) is 12.8 Å². The minimum Gasteiger partial charge on any atom is -0.0942 e. The lowest BCUT2D eigenvalue weighted by Gasteiger charge is -2.39. The van der Waals surface area contributed by atoms with Crippen LogP contribution in [0.5, 0.6) is 0 Å². The van der Waals surface area contributed by atoms with E-state index in [0.29, 0.717) is 0 Å². The van der Waals surface area contributed by atoms with Crippen LogP contribution in [0.4, 0.5) is 0 Å². The van der Waals surface area contributed by atoms with Crippen LogP contribution >= 0.6 is 21.6 Å². The summed E-state index contributed by atoms with van der Waals surface area (Å²) in [6, 6.07) is 0. The standard InChI is InChI=1S/C18H46S2Si4/c1-21(2,3)17(22(4,5)6)13-15-19-20-16-14-18(23(7,8)9)24(10,11)12/h17-18H,13-16H2,1-12H3. The predicted molar refractivity (Wildman–Crippen MR) is 135 cm³/mol. The molecule has 0 aromatic rings. The Hall–Kier alpha value is 1.57. The van der Waals surface area contributed by atoms with Crippen molar-refractivity contribution in [2.75, 3.05) is 11.5 Å². The van der Waals surface area contributed by atoms with Crippen molar-refractivity contribution in [1.82, 2.24) is 0 Å². The van der Waals surface area contributed by atoms with Gasteiger partial charge in [0.2, 0.25) is 0 Å². The van der Waals surface area contributed by atoms with E-state index in [1.165, 1.54) is 24.3 Å². The van der Waals surface area contributed by atoms with Crippen molar-refractivity contribution in [3.8, 4) is 0 Å². The van der Waals surface area contributed by atoms with Crippen LogP contribution in [0.2, 0.25) is 88.9 Å². The molecule has 24 heavy (non-hydrogen) atoms. The van der Waals surface area contributed by atoms with Gasteiger partial charge in [0.25, 0.3) is 0 Å². The molecule has 0 bridgehead atoms. The highest BCUT2D eigenvalue weighted by molar-refractivity contribution is 8.76. The Morgan fingerprint density at radius 2 is 0.667 bits per heavy atom. The summed E-state index contributed by atoms with van der Waals surface area (Å²) in [6.07, 6.45) is 2.93. The van der Waals surface area contributed by atoms with Gasteiger partial charge >= 0.3 is 0 Å². The molecule has 0 saturated carbocycles. The van der Waals surface area contributed by atoms with E-state index in [1.54, 1.807) is 0 Å². The highest BCUT2D eigenvalue weighted by atomic mass is 33.1. The Kier molecular flexibility index (Phi) is 10.3. The molecule has 0 heterocycles. The Balaban J connectivity index is 4.31. The third-order valence-corrected chi connectivity index (χ3v) is 27.6. The van der Waals surface area contributed by atoms with Gasteiger partial charge in [0.15, 0.2) is 0 Å². The van der Waals surface area contributed by atoms with Gasteiger partial charge in [-0.15, -0.1) is 0 Å². The fourth-order valence-corrected chi connectivity index (χ4v) is 32.6. The first-order valence-electron chi connectivity index (χ1n) is 9.72. The number of hydrogen-bond donors (Lipinski definition) is 0. The van der Waals surface area contributed by atoms with Gasteiger partial charge in [0, 0.05) is 43.8 Å². The normalized spacial score (nSPS) is 14.8. The van der Waals surface area contributed by atoms with Crippen molar-refractivity contribution in [2.45, 2.75) is 102 Å². The Bertz CT molecular complexity index is 295. The zero-order valence-electron chi connectivity index (χ0n) is 18.8. The van der Waals surface area contributed by atoms with Crippen LogP contribution in [-0.4, -0.2) is 43.8 Å². The van der Waals surface area contributed by atoms with Crippen molar-refractivity contribution in [3.63, 3.8) is 0 Å². The van der Waals surface area contributed by atoms with E-state index in [9.17, 15) is 0 Å². The molecule has 0 radical (unpaired) electrons. The van der Waals surface area contributed by atoms with Crippen LogP contribution in [0.25, 0.3) is 0 Å². The van der Waals surface area contributed by atoms with Crippen molar-refractivity contribution in [2.24, 2.45) is 0 Å². The summed E-state index contributed by atoms with van der Waals surface area (Å²) in [7, 11) is 0.306. The maximum atomic E-state index is 2.58. The SMILES string of the molecule is C[Si](C)(C)C(CCSSCCC([Si](C)(C)C)[Si](C)(C)C)[Si](C)(C)C. The van der Waals surface area contributed by atoms with Gasteiger partial charge in [-0.05, 0) is 23.2 Å². The van der Waals surface area contributed by atoms with E-state index in [-0.39, 0.29) is 0 Å². The lowest BCUT2D eigenvalue weighted by Crippen LogP contribution is -2.44. The molecule has 0 N–H and O–H groups in total. The van der Waals surface area contributed by atoms with E-state index in [0.717, 1.165) is 10.3 Å². The first kappa shape index (κ1) is 25.6. The highest BCUT2D eigenvalue weighted by Crippen LogP contribution is 2.40. The molecular weight excluding hydrogens is 393 g/mol. The molecule has 0 amide bonds. The average molecular weight is 439 g/mol. The summed E-state index contributed by atoms with van der Waals surface area (Å²) in [5.41, 5.74) is 0. The van der Waals surface area contributed by atoms with E-state index < -0.39 is 32.3 Å². The molecule has 0 fully saturated rings. The molecule has 0 aliphatic heterocycles. The second kappa shape index (κ2) is 9.67. The Labute approximate surface area is 166 Å².